The van der Waals surface area contributed by atoms with E-state index < -0.39 is 0 Å². The Bertz CT molecular complexity index is 1170. The molecule has 3 aromatic carbocycles. The van der Waals surface area contributed by atoms with Crippen LogP contribution in [0.3, 0.4) is 0 Å². The second-order valence-corrected chi connectivity index (χ2v) is 6.35. The number of carbonyl (C=O) groups excluding carboxylic acids is 1. The number of hydrogen-bond donors (Lipinski definition) is 0. The summed E-state index contributed by atoms with van der Waals surface area (Å²) >= 11 is 0. The van der Waals surface area contributed by atoms with Crippen LogP contribution in [-0.2, 0) is 0 Å². The van der Waals surface area contributed by atoms with Crippen LogP contribution in [0, 0.1) is 0 Å². The Kier molecular flexibility index (Phi) is 4.33. The van der Waals surface area contributed by atoms with Gasteiger partial charge in [0.1, 0.15) is 11.3 Å². The van der Waals surface area contributed by atoms with Gasteiger partial charge in [0.05, 0.1) is 0 Å². The minimum absolute atomic E-state index is 0.0458. The quantitative estimate of drug-likeness (QED) is 0.310. The van der Waals surface area contributed by atoms with Gasteiger partial charge >= 0.3 is 0 Å². The maximum absolute atomic E-state index is 11.6. The predicted octanol–water partition coefficient (Wildman–Crippen LogP) is 6.52. The van der Waals surface area contributed by atoms with E-state index in [9.17, 15) is 4.79 Å². The lowest BCUT2D eigenvalue weighted by Gasteiger charge is -2.08. The molecule has 0 bridgehead atoms. The van der Waals surface area contributed by atoms with E-state index in [0.717, 1.165) is 39.0 Å². The Balaban J connectivity index is 1.96. The van der Waals surface area contributed by atoms with Crippen LogP contribution < -0.4 is 0 Å². The van der Waals surface area contributed by atoms with Gasteiger partial charge in [-0.05, 0) is 18.6 Å². The van der Waals surface area contributed by atoms with E-state index in [0.29, 0.717) is 5.56 Å². The first-order valence-corrected chi connectivity index (χ1v) is 8.78. The Hall–Kier alpha value is -3.61. The fourth-order valence-corrected chi connectivity index (χ4v) is 3.29. The highest BCUT2D eigenvalue weighted by Crippen LogP contribution is 2.40. The van der Waals surface area contributed by atoms with Gasteiger partial charge in [-0.2, -0.15) is 0 Å². The monoisotopic (exact) mass is 350 g/mol. The third kappa shape index (κ3) is 3.03. The van der Waals surface area contributed by atoms with Gasteiger partial charge < -0.3 is 4.42 Å². The summed E-state index contributed by atoms with van der Waals surface area (Å²) in [7, 11) is 0. The number of carbonyl (C=O) groups is 1. The molecule has 1 heterocycles. The lowest BCUT2D eigenvalue weighted by molar-refractivity contribution is 0.101. The van der Waals surface area contributed by atoms with Crippen LogP contribution >= 0.6 is 0 Å². The molecule has 2 heteroatoms. The second kappa shape index (κ2) is 6.95. The molecule has 1 aromatic heterocycles. The largest absolute Gasteiger partial charge is 0.455 e. The molecule has 0 radical (unpaired) electrons. The Morgan fingerprint density at radius 1 is 0.852 bits per heavy atom. The number of Topliss-reactive ketones (excluding diaryl/α,β-unsaturated/α-hetero) is 1. The van der Waals surface area contributed by atoms with Gasteiger partial charge in [-0.25, -0.2) is 0 Å². The first-order valence-electron chi connectivity index (χ1n) is 8.78. The topological polar surface area (TPSA) is 30.2 Å². The van der Waals surface area contributed by atoms with Crippen LogP contribution in [0.15, 0.2) is 95.6 Å². The molecule has 0 spiro atoms. The van der Waals surface area contributed by atoms with Crippen molar-refractivity contribution in [1.82, 2.24) is 0 Å². The fourth-order valence-electron chi connectivity index (χ4n) is 3.29. The van der Waals surface area contributed by atoms with E-state index in [1.54, 1.807) is 6.92 Å². The van der Waals surface area contributed by atoms with E-state index in [-0.39, 0.29) is 5.78 Å². The van der Waals surface area contributed by atoms with Crippen LogP contribution in [0.4, 0.5) is 0 Å². The Morgan fingerprint density at radius 3 is 2.15 bits per heavy atom. The molecule has 4 aromatic rings. The zero-order valence-corrected chi connectivity index (χ0v) is 15.0. The van der Waals surface area contributed by atoms with E-state index in [4.69, 9.17) is 4.42 Å². The van der Waals surface area contributed by atoms with Crippen molar-refractivity contribution in [2.45, 2.75) is 6.92 Å². The highest BCUT2D eigenvalue weighted by Gasteiger charge is 2.20. The summed E-state index contributed by atoms with van der Waals surface area (Å²) in [5.41, 5.74) is 8.35. The van der Waals surface area contributed by atoms with Crippen LogP contribution in [-0.4, -0.2) is 5.78 Å². The van der Waals surface area contributed by atoms with Gasteiger partial charge in [-0.15, -0.1) is 5.73 Å². The summed E-state index contributed by atoms with van der Waals surface area (Å²) in [6.07, 6.45) is 0. The molecule has 4 rings (SSSR count). The highest BCUT2D eigenvalue weighted by atomic mass is 16.3. The molecule has 0 fully saturated rings. The van der Waals surface area contributed by atoms with E-state index in [2.05, 4.69) is 12.3 Å². The average molecular weight is 350 g/mol. The van der Waals surface area contributed by atoms with Crippen molar-refractivity contribution in [3.63, 3.8) is 0 Å². The minimum atomic E-state index is 0.0458. The van der Waals surface area contributed by atoms with Gasteiger partial charge in [-0.1, -0.05) is 79.4 Å². The third-order valence-corrected chi connectivity index (χ3v) is 4.64. The number of para-hydroxylation sites is 1. The maximum Gasteiger partial charge on any atom is 0.159 e. The van der Waals surface area contributed by atoms with Gasteiger partial charge in [-0.3, -0.25) is 4.79 Å². The van der Waals surface area contributed by atoms with Crippen LogP contribution in [0.1, 0.15) is 28.4 Å². The number of benzene rings is 3. The lowest BCUT2D eigenvalue weighted by Crippen LogP contribution is -1.93. The lowest BCUT2D eigenvalue weighted by atomic mass is 9.93. The Morgan fingerprint density at radius 2 is 1.48 bits per heavy atom. The number of ketones is 1. The van der Waals surface area contributed by atoms with Crippen molar-refractivity contribution < 1.29 is 9.21 Å². The van der Waals surface area contributed by atoms with Crippen LogP contribution in [0.2, 0.25) is 0 Å². The summed E-state index contributed by atoms with van der Waals surface area (Å²) in [5.74, 6) is 0.836. The summed E-state index contributed by atoms with van der Waals surface area (Å²) in [6, 6.07) is 25.5. The molecular weight excluding hydrogens is 332 g/mol. The summed E-state index contributed by atoms with van der Waals surface area (Å²) in [6.45, 7) is 5.49. The van der Waals surface area contributed by atoms with Gasteiger partial charge in [0.2, 0.25) is 0 Å². The molecule has 0 aliphatic rings. The van der Waals surface area contributed by atoms with Gasteiger partial charge in [0.25, 0.3) is 0 Å². The zero-order chi connectivity index (χ0) is 18.8. The SMILES string of the molecule is C=C=C(c1ccc(C(C)=O)cc1)c1c(-c2ccccc2)oc2ccccc12. The normalized spacial score (nSPS) is 10.6. The third-order valence-electron chi connectivity index (χ3n) is 4.64. The summed E-state index contributed by atoms with van der Waals surface area (Å²) in [4.78, 5) is 11.6. The molecule has 2 nitrogen and oxygen atoms in total. The number of furan rings is 1. The maximum atomic E-state index is 11.6. The molecule has 0 amide bonds. The highest BCUT2D eigenvalue weighted by molar-refractivity contribution is 6.02. The van der Waals surface area contributed by atoms with Crippen LogP contribution in [0.25, 0.3) is 27.9 Å². The Labute approximate surface area is 158 Å². The number of rotatable bonds is 4. The molecule has 130 valence electrons. The molecule has 0 atom stereocenters. The van der Waals surface area contributed by atoms with Crippen molar-refractivity contribution in [3.8, 4) is 11.3 Å². The van der Waals surface area contributed by atoms with E-state index in [1.165, 1.54) is 0 Å². The molecule has 0 saturated carbocycles. The summed E-state index contributed by atoms with van der Waals surface area (Å²) < 4.78 is 6.21. The average Bonchev–Trinajstić information content (AvgIpc) is 3.09. The first kappa shape index (κ1) is 16.8. The molecule has 0 N–H and O–H groups in total. The molecular formula is C25H18O2. The smallest absolute Gasteiger partial charge is 0.159 e. The zero-order valence-electron chi connectivity index (χ0n) is 15.0. The van der Waals surface area contributed by atoms with Crippen molar-refractivity contribution in [2.24, 2.45) is 0 Å². The van der Waals surface area contributed by atoms with Crippen LogP contribution in [0.5, 0.6) is 0 Å². The van der Waals surface area contributed by atoms with Crippen molar-refractivity contribution >= 4 is 22.3 Å². The summed E-state index contributed by atoms with van der Waals surface area (Å²) in [5, 5.41) is 1.01. The second-order valence-electron chi connectivity index (χ2n) is 6.35. The molecule has 0 aliphatic carbocycles. The van der Waals surface area contributed by atoms with Crippen molar-refractivity contribution in [2.75, 3.05) is 0 Å². The number of fused-ring (bicyclic) bond motifs is 1. The molecule has 0 saturated heterocycles. The minimum Gasteiger partial charge on any atom is -0.455 e. The van der Waals surface area contributed by atoms with Crippen molar-refractivity contribution in [3.05, 3.63) is 108 Å². The standard InChI is InChI=1S/C25H18O2/c1-3-21(19-15-13-18(14-16-19)17(2)26)24-22-11-7-8-12-23(22)27-25(24)20-9-5-4-6-10-20/h4-16H,1H2,2H3. The first-order chi connectivity index (χ1) is 13.2. The van der Waals surface area contributed by atoms with Gasteiger partial charge in [0, 0.05) is 27.6 Å². The molecule has 0 unspecified atom stereocenters. The van der Waals surface area contributed by atoms with E-state index >= 15 is 0 Å². The molecule has 0 aliphatic heterocycles. The van der Waals surface area contributed by atoms with Gasteiger partial charge in [0.15, 0.2) is 5.78 Å². The van der Waals surface area contributed by atoms with E-state index in [1.807, 2.05) is 78.9 Å². The van der Waals surface area contributed by atoms with Crippen molar-refractivity contribution in [1.29, 1.82) is 0 Å². The number of hydrogen-bond acceptors (Lipinski definition) is 2. The molecule has 27 heavy (non-hydrogen) atoms. The fraction of sp³-hybridized carbons (Fsp3) is 0.0400. The predicted molar refractivity (Wildman–Crippen MR) is 110 cm³/mol.